The topological polar surface area (TPSA) is 131 Å². The van der Waals surface area contributed by atoms with Crippen LogP contribution in [0.4, 0.5) is 11.4 Å². The maximum absolute atomic E-state index is 11.5. The number of nitrogens with zero attached hydrogens (tertiary/aromatic N) is 1. The Kier molecular flexibility index (Phi) is 6.20. The number of carbonyl (C=O) groups is 2. The number of benzene rings is 1. The standard InChI is InChI=1S/C12H13N3O6S/c1-21-11(18)5-4-10(17)14-12(22)13-8-3-2-7(15(19)20)6-9(8)16/h2-3,6,16H,4-5H2,1H3,(H2,13,14,17,22). The van der Waals surface area contributed by atoms with E-state index in [1.54, 1.807) is 0 Å². The van der Waals surface area contributed by atoms with E-state index in [0.29, 0.717) is 0 Å². The second-order valence-electron chi connectivity index (χ2n) is 4.04. The van der Waals surface area contributed by atoms with Gasteiger partial charge in [0.25, 0.3) is 5.69 Å². The number of esters is 1. The van der Waals surface area contributed by atoms with E-state index in [2.05, 4.69) is 15.4 Å². The fourth-order valence-corrected chi connectivity index (χ4v) is 1.62. The quantitative estimate of drug-likeness (QED) is 0.241. The summed E-state index contributed by atoms with van der Waals surface area (Å²) in [5.74, 6) is -1.42. The molecule has 0 aliphatic heterocycles. The number of amides is 1. The summed E-state index contributed by atoms with van der Waals surface area (Å²) in [5.41, 5.74) is -0.181. The first-order valence-electron chi connectivity index (χ1n) is 5.98. The Morgan fingerprint density at radius 2 is 2.09 bits per heavy atom. The number of ether oxygens (including phenoxy) is 1. The van der Waals surface area contributed by atoms with Crippen LogP contribution in [0.3, 0.4) is 0 Å². The highest BCUT2D eigenvalue weighted by molar-refractivity contribution is 7.80. The lowest BCUT2D eigenvalue weighted by Crippen LogP contribution is -2.34. The molecule has 0 aromatic heterocycles. The van der Waals surface area contributed by atoms with Crippen LogP contribution in [0.1, 0.15) is 12.8 Å². The first-order valence-corrected chi connectivity index (χ1v) is 6.39. The highest BCUT2D eigenvalue weighted by Crippen LogP contribution is 2.27. The van der Waals surface area contributed by atoms with Gasteiger partial charge in [-0.1, -0.05) is 0 Å². The number of nitro groups is 1. The molecule has 10 heteroatoms. The van der Waals surface area contributed by atoms with Crippen molar-refractivity contribution in [3.8, 4) is 5.75 Å². The first kappa shape index (κ1) is 17.3. The van der Waals surface area contributed by atoms with E-state index in [1.165, 1.54) is 19.2 Å². The van der Waals surface area contributed by atoms with Crippen LogP contribution in [0.2, 0.25) is 0 Å². The number of thiocarbonyl (C=S) groups is 1. The molecule has 1 amide bonds. The van der Waals surface area contributed by atoms with Crippen molar-refractivity contribution in [1.29, 1.82) is 0 Å². The summed E-state index contributed by atoms with van der Waals surface area (Å²) in [6, 6.07) is 3.37. The Morgan fingerprint density at radius 3 is 2.64 bits per heavy atom. The van der Waals surface area contributed by atoms with Gasteiger partial charge in [-0.3, -0.25) is 19.7 Å². The summed E-state index contributed by atoms with van der Waals surface area (Å²) in [5, 5.41) is 24.9. The maximum atomic E-state index is 11.5. The molecule has 0 spiro atoms. The molecule has 9 nitrogen and oxygen atoms in total. The van der Waals surface area contributed by atoms with E-state index in [4.69, 9.17) is 12.2 Å². The van der Waals surface area contributed by atoms with Gasteiger partial charge in [0.15, 0.2) is 5.11 Å². The van der Waals surface area contributed by atoms with Crippen LogP contribution in [0.5, 0.6) is 5.75 Å². The normalized spacial score (nSPS) is 9.68. The molecule has 0 unspecified atom stereocenters. The average Bonchev–Trinajstić information content (AvgIpc) is 2.46. The van der Waals surface area contributed by atoms with Crippen molar-refractivity contribution in [3.63, 3.8) is 0 Å². The number of nitrogens with one attached hydrogen (secondary N) is 2. The number of nitro benzene ring substituents is 1. The van der Waals surface area contributed by atoms with E-state index in [-0.39, 0.29) is 35.1 Å². The molecule has 1 aromatic carbocycles. The predicted octanol–water partition coefficient (Wildman–Crippen LogP) is 1.07. The molecule has 118 valence electrons. The van der Waals surface area contributed by atoms with E-state index < -0.39 is 16.8 Å². The van der Waals surface area contributed by atoms with Gasteiger partial charge in [-0.15, -0.1) is 0 Å². The van der Waals surface area contributed by atoms with Gasteiger partial charge in [-0.25, -0.2) is 0 Å². The number of hydrogen-bond donors (Lipinski definition) is 3. The molecule has 1 aromatic rings. The summed E-state index contributed by atoms with van der Waals surface area (Å²) < 4.78 is 4.39. The lowest BCUT2D eigenvalue weighted by molar-refractivity contribution is -0.384. The Morgan fingerprint density at radius 1 is 1.41 bits per heavy atom. The van der Waals surface area contributed by atoms with E-state index in [0.717, 1.165) is 6.07 Å². The van der Waals surface area contributed by atoms with Crippen LogP contribution in [-0.2, 0) is 14.3 Å². The van der Waals surface area contributed by atoms with Crippen molar-refractivity contribution in [1.82, 2.24) is 5.32 Å². The Labute approximate surface area is 130 Å². The van der Waals surface area contributed by atoms with E-state index in [1.807, 2.05) is 0 Å². The molecular weight excluding hydrogens is 314 g/mol. The molecule has 0 aliphatic carbocycles. The summed E-state index contributed by atoms with van der Waals surface area (Å²) in [6.45, 7) is 0. The lowest BCUT2D eigenvalue weighted by atomic mass is 10.2. The molecule has 0 atom stereocenters. The molecule has 1 rings (SSSR count). The molecule has 0 fully saturated rings. The van der Waals surface area contributed by atoms with Gasteiger partial charge >= 0.3 is 5.97 Å². The third kappa shape index (κ3) is 5.32. The van der Waals surface area contributed by atoms with Gasteiger partial charge in [0.05, 0.1) is 30.2 Å². The Hall–Kier alpha value is -2.75. The van der Waals surface area contributed by atoms with Crippen LogP contribution in [0, 0.1) is 10.1 Å². The molecule has 22 heavy (non-hydrogen) atoms. The van der Waals surface area contributed by atoms with Crippen LogP contribution in [0.15, 0.2) is 18.2 Å². The number of methoxy groups -OCH3 is 1. The number of phenolic OH excluding ortho intramolecular Hbond substituents is 1. The van der Waals surface area contributed by atoms with Gasteiger partial charge in [-0.2, -0.15) is 0 Å². The monoisotopic (exact) mass is 327 g/mol. The van der Waals surface area contributed by atoms with E-state index in [9.17, 15) is 24.8 Å². The second kappa shape index (κ2) is 7.88. The number of aromatic hydroxyl groups is 1. The van der Waals surface area contributed by atoms with Crippen molar-refractivity contribution in [3.05, 3.63) is 28.3 Å². The highest BCUT2D eigenvalue weighted by atomic mass is 32.1. The smallest absolute Gasteiger partial charge is 0.306 e. The molecule has 0 saturated carbocycles. The van der Waals surface area contributed by atoms with Gasteiger partial charge in [0, 0.05) is 12.5 Å². The van der Waals surface area contributed by atoms with Crippen LogP contribution in [0.25, 0.3) is 0 Å². The van der Waals surface area contributed by atoms with E-state index >= 15 is 0 Å². The Bertz CT molecular complexity index is 619. The molecule has 0 radical (unpaired) electrons. The van der Waals surface area contributed by atoms with Crippen LogP contribution < -0.4 is 10.6 Å². The fourth-order valence-electron chi connectivity index (χ4n) is 1.40. The molecular formula is C12H13N3O6S. The number of phenols is 1. The minimum absolute atomic E-state index is 0.0896. The number of rotatable bonds is 5. The summed E-state index contributed by atoms with van der Waals surface area (Å²) >= 11 is 4.86. The summed E-state index contributed by atoms with van der Waals surface area (Å²) in [6.07, 6.45) is -0.200. The minimum atomic E-state index is -0.656. The highest BCUT2D eigenvalue weighted by Gasteiger charge is 2.12. The van der Waals surface area contributed by atoms with Gasteiger partial charge < -0.3 is 20.5 Å². The number of anilines is 1. The van der Waals surface area contributed by atoms with Crippen molar-refractivity contribution < 1.29 is 24.4 Å². The van der Waals surface area contributed by atoms with Crippen molar-refractivity contribution in [2.24, 2.45) is 0 Å². The van der Waals surface area contributed by atoms with Crippen LogP contribution >= 0.6 is 12.2 Å². The number of non-ortho nitro benzene ring substituents is 1. The zero-order valence-electron chi connectivity index (χ0n) is 11.5. The van der Waals surface area contributed by atoms with Crippen LogP contribution in [-0.4, -0.2) is 34.1 Å². The van der Waals surface area contributed by atoms with Gasteiger partial charge in [-0.05, 0) is 18.3 Å². The third-order valence-electron chi connectivity index (χ3n) is 2.48. The average molecular weight is 327 g/mol. The SMILES string of the molecule is COC(=O)CCC(=O)NC(=S)Nc1ccc([N+](=O)[O-])cc1O. The second-order valence-corrected chi connectivity index (χ2v) is 4.45. The first-order chi connectivity index (χ1) is 10.3. The van der Waals surface area contributed by atoms with Crippen molar-refractivity contribution in [2.45, 2.75) is 12.8 Å². The molecule has 0 aliphatic rings. The Balaban J connectivity index is 2.56. The predicted molar refractivity (Wildman–Crippen MR) is 80.4 cm³/mol. The largest absolute Gasteiger partial charge is 0.506 e. The molecule has 3 N–H and O–H groups in total. The maximum Gasteiger partial charge on any atom is 0.306 e. The summed E-state index contributed by atoms with van der Waals surface area (Å²) in [4.78, 5) is 32.3. The minimum Gasteiger partial charge on any atom is -0.506 e. The molecule has 0 heterocycles. The van der Waals surface area contributed by atoms with Gasteiger partial charge in [0.2, 0.25) is 5.91 Å². The van der Waals surface area contributed by atoms with Crippen molar-refractivity contribution >= 4 is 40.6 Å². The number of carbonyl (C=O) groups excluding carboxylic acids is 2. The zero-order valence-corrected chi connectivity index (χ0v) is 12.3. The lowest BCUT2D eigenvalue weighted by Gasteiger charge is -2.10. The van der Waals surface area contributed by atoms with Crippen molar-refractivity contribution in [2.75, 3.05) is 12.4 Å². The third-order valence-corrected chi connectivity index (χ3v) is 2.68. The number of hydrogen-bond acceptors (Lipinski definition) is 7. The fraction of sp³-hybridized carbons (Fsp3) is 0.250. The molecule has 0 bridgehead atoms. The zero-order chi connectivity index (χ0) is 16.7. The van der Waals surface area contributed by atoms with Gasteiger partial charge in [0.1, 0.15) is 5.75 Å². The summed E-state index contributed by atoms with van der Waals surface area (Å²) in [7, 11) is 1.21. The molecule has 0 saturated heterocycles.